The lowest BCUT2D eigenvalue weighted by Gasteiger charge is -2.07. The third-order valence-electron chi connectivity index (χ3n) is 5.05. The molecule has 11 heteroatoms. The normalized spacial score (nSPS) is 11.4. The molecule has 0 bridgehead atoms. The van der Waals surface area contributed by atoms with Gasteiger partial charge in [-0.1, -0.05) is 11.6 Å². The Morgan fingerprint density at radius 2 is 1.97 bits per heavy atom. The van der Waals surface area contributed by atoms with Crippen molar-refractivity contribution in [3.05, 3.63) is 73.5 Å². The van der Waals surface area contributed by atoms with E-state index in [9.17, 15) is 14.9 Å². The molecule has 0 fully saturated rings. The summed E-state index contributed by atoms with van der Waals surface area (Å²) in [5, 5.41) is 23.3. The number of aromatic nitrogens is 4. The zero-order valence-electron chi connectivity index (χ0n) is 15.9. The number of aromatic amines is 1. The molecule has 154 valence electrons. The van der Waals surface area contributed by atoms with Gasteiger partial charge in [0.1, 0.15) is 11.3 Å². The molecule has 0 aliphatic heterocycles. The van der Waals surface area contributed by atoms with Crippen LogP contribution >= 0.6 is 11.6 Å². The quantitative estimate of drug-likeness (QED) is 0.321. The van der Waals surface area contributed by atoms with Crippen LogP contribution in [0, 0.1) is 17.0 Å². The summed E-state index contributed by atoms with van der Waals surface area (Å²) < 4.78 is 7.57. The maximum atomic E-state index is 12.4. The molecule has 0 radical (unpaired) electrons. The lowest BCUT2D eigenvalue weighted by atomic mass is 10.1. The Morgan fingerprint density at radius 1 is 1.23 bits per heavy atom. The first-order chi connectivity index (χ1) is 14.8. The number of rotatable bonds is 3. The molecule has 3 N–H and O–H groups in total. The van der Waals surface area contributed by atoms with E-state index < -0.39 is 10.5 Å². The summed E-state index contributed by atoms with van der Waals surface area (Å²) in [6.45, 7) is 1.85. The van der Waals surface area contributed by atoms with Crippen LogP contribution in [-0.4, -0.2) is 24.9 Å². The fourth-order valence-corrected chi connectivity index (χ4v) is 3.74. The highest BCUT2D eigenvalue weighted by Crippen LogP contribution is 2.39. The number of nitro groups is 1. The van der Waals surface area contributed by atoms with Crippen LogP contribution < -0.4 is 11.3 Å². The number of halogens is 1. The number of non-ortho nitro benzene ring substituents is 1. The first-order valence-electron chi connectivity index (χ1n) is 9.06. The van der Waals surface area contributed by atoms with E-state index in [2.05, 4.69) is 15.3 Å². The van der Waals surface area contributed by atoms with Crippen molar-refractivity contribution < 1.29 is 9.34 Å². The fraction of sp³-hybridized carbons (Fsp3) is 0.0500. The maximum absolute atomic E-state index is 12.4. The number of anilines is 1. The number of aryl methyl sites for hydroxylation is 1. The Hall–Kier alpha value is -4.18. The minimum Gasteiger partial charge on any atom is -0.454 e. The molecular weight excluding hydrogens is 424 g/mol. The molecule has 0 aliphatic rings. The van der Waals surface area contributed by atoms with Gasteiger partial charge in [0.15, 0.2) is 17.1 Å². The van der Waals surface area contributed by atoms with Gasteiger partial charge in [0.25, 0.3) is 11.2 Å². The molecule has 0 amide bonds. The van der Waals surface area contributed by atoms with Gasteiger partial charge in [0.2, 0.25) is 0 Å². The largest absolute Gasteiger partial charge is 0.454 e. The third kappa shape index (κ3) is 2.84. The highest BCUT2D eigenvalue weighted by molar-refractivity contribution is 6.31. The number of benzene rings is 2. The molecule has 10 nitrogen and oxygen atoms in total. The SMILES string of the molecule is Cc1c(-c2c3c(N)n[nH]c(=O)c3nn2-c2ccc([N+](=O)[O-])cc2)oc2ccc(Cl)cc12. The van der Waals surface area contributed by atoms with Crippen molar-refractivity contribution in [2.24, 2.45) is 0 Å². The summed E-state index contributed by atoms with van der Waals surface area (Å²) >= 11 is 6.14. The van der Waals surface area contributed by atoms with Crippen molar-refractivity contribution in [2.45, 2.75) is 6.92 Å². The summed E-state index contributed by atoms with van der Waals surface area (Å²) in [7, 11) is 0. The molecule has 0 unspecified atom stereocenters. The Labute approximate surface area is 178 Å². The van der Waals surface area contributed by atoms with E-state index in [0.29, 0.717) is 33.1 Å². The predicted molar refractivity (Wildman–Crippen MR) is 116 cm³/mol. The van der Waals surface area contributed by atoms with E-state index in [1.54, 1.807) is 18.2 Å². The molecular formula is C20H13ClN6O4. The summed E-state index contributed by atoms with van der Waals surface area (Å²) in [5.41, 5.74) is 7.82. The molecule has 3 heterocycles. The summed E-state index contributed by atoms with van der Waals surface area (Å²) in [5.74, 6) is 0.493. The topological polar surface area (TPSA) is 146 Å². The third-order valence-corrected chi connectivity index (χ3v) is 5.29. The number of fused-ring (bicyclic) bond motifs is 2. The number of nitrogen functional groups attached to an aromatic ring is 1. The number of nitrogens with one attached hydrogen (secondary N) is 1. The number of nitrogens with two attached hydrogens (primary N) is 1. The minimum absolute atomic E-state index is 0.0654. The highest BCUT2D eigenvalue weighted by Gasteiger charge is 2.25. The minimum atomic E-state index is -0.525. The molecule has 5 rings (SSSR count). The molecule has 0 atom stereocenters. The highest BCUT2D eigenvalue weighted by atomic mass is 35.5. The molecule has 3 aromatic heterocycles. The second-order valence-corrected chi connectivity index (χ2v) is 7.33. The number of nitro benzene ring substituents is 1. The van der Waals surface area contributed by atoms with Gasteiger partial charge in [-0.05, 0) is 37.3 Å². The second kappa shape index (κ2) is 6.67. The van der Waals surface area contributed by atoms with Crippen LogP contribution in [0.5, 0.6) is 0 Å². The lowest BCUT2D eigenvalue weighted by Crippen LogP contribution is -2.10. The zero-order valence-corrected chi connectivity index (χ0v) is 16.7. The molecule has 31 heavy (non-hydrogen) atoms. The molecule has 2 aromatic carbocycles. The predicted octanol–water partition coefficient (Wildman–Crippen LogP) is 3.97. The van der Waals surface area contributed by atoms with Crippen molar-refractivity contribution in [1.29, 1.82) is 0 Å². The van der Waals surface area contributed by atoms with Crippen molar-refractivity contribution in [3.8, 4) is 17.1 Å². The summed E-state index contributed by atoms with van der Waals surface area (Å²) in [4.78, 5) is 22.9. The van der Waals surface area contributed by atoms with Gasteiger partial charge in [-0.3, -0.25) is 14.9 Å². The van der Waals surface area contributed by atoms with E-state index in [-0.39, 0.29) is 17.0 Å². The Kier molecular flexibility index (Phi) is 4.05. The molecule has 5 aromatic rings. The van der Waals surface area contributed by atoms with Crippen molar-refractivity contribution in [2.75, 3.05) is 5.73 Å². The van der Waals surface area contributed by atoms with Crippen molar-refractivity contribution >= 4 is 45.0 Å². The lowest BCUT2D eigenvalue weighted by molar-refractivity contribution is -0.384. The van der Waals surface area contributed by atoms with Crippen molar-refractivity contribution in [3.63, 3.8) is 0 Å². The van der Waals surface area contributed by atoms with Crippen LogP contribution in [0.25, 0.3) is 39.0 Å². The first kappa shape index (κ1) is 18.8. The van der Waals surface area contributed by atoms with Crippen molar-refractivity contribution in [1.82, 2.24) is 20.0 Å². The number of hydrogen-bond acceptors (Lipinski definition) is 7. The van der Waals surface area contributed by atoms with E-state index in [1.807, 2.05) is 6.92 Å². The number of hydrogen-bond donors (Lipinski definition) is 2. The van der Waals surface area contributed by atoms with Crippen LogP contribution in [0.2, 0.25) is 5.02 Å². The van der Waals surface area contributed by atoms with Crippen LogP contribution in [0.1, 0.15) is 5.56 Å². The van der Waals surface area contributed by atoms with E-state index in [0.717, 1.165) is 10.9 Å². The van der Waals surface area contributed by atoms with Gasteiger partial charge in [-0.25, -0.2) is 9.78 Å². The average molecular weight is 437 g/mol. The van der Waals surface area contributed by atoms with E-state index in [4.69, 9.17) is 21.8 Å². The van der Waals surface area contributed by atoms with E-state index in [1.165, 1.54) is 28.9 Å². The molecule has 0 saturated heterocycles. The van der Waals surface area contributed by atoms with Gasteiger partial charge in [0.05, 0.1) is 16.0 Å². The van der Waals surface area contributed by atoms with Crippen LogP contribution in [0.3, 0.4) is 0 Å². The Bertz CT molecular complexity index is 1570. The van der Waals surface area contributed by atoms with Crippen LogP contribution in [0.4, 0.5) is 11.5 Å². The Morgan fingerprint density at radius 3 is 2.68 bits per heavy atom. The number of furan rings is 1. The summed E-state index contributed by atoms with van der Waals surface area (Å²) in [6.07, 6.45) is 0. The molecule has 0 spiro atoms. The van der Waals surface area contributed by atoms with E-state index >= 15 is 0 Å². The van der Waals surface area contributed by atoms with Gasteiger partial charge in [-0.15, -0.1) is 0 Å². The molecule has 0 saturated carbocycles. The fourth-order valence-electron chi connectivity index (χ4n) is 3.57. The van der Waals surface area contributed by atoms with Gasteiger partial charge in [-0.2, -0.15) is 10.2 Å². The standard InChI is InChI=1S/C20H13ClN6O4/c1-9-13-8-10(21)2-7-14(13)31-18(9)17-15-16(20(28)24-23-19(15)22)25-26(17)11-3-5-12(6-4-11)27(29)30/h2-8H,1H3,(H2,22,23)(H,24,28). The van der Waals surface area contributed by atoms with Crippen LogP contribution in [-0.2, 0) is 0 Å². The first-order valence-corrected chi connectivity index (χ1v) is 9.43. The number of nitrogens with zero attached hydrogens (tertiary/aromatic N) is 4. The second-order valence-electron chi connectivity index (χ2n) is 6.89. The van der Waals surface area contributed by atoms with Gasteiger partial charge in [0, 0.05) is 28.1 Å². The summed E-state index contributed by atoms with van der Waals surface area (Å²) in [6, 6.07) is 11.0. The maximum Gasteiger partial charge on any atom is 0.292 e. The zero-order chi connectivity index (χ0) is 21.9. The monoisotopic (exact) mass is 436 g/mol. The molecule has 0 aliphatic carbocycles. The van der Waals surface area contributed by atoms with Gasteiger partial charge < -0.3 is 10.2 Å². The smallest absolute Gasteiger partial charge is 0.292 e. The van der Waals surface area contributed by atoms with Gasteiger partial charge >= 0.3 is 0 Å². The van der Waals surface area contributed by atoms with Crippen LogP contribution in [0.15, 0.2) is 51.7 Å². The Balaban J connectivity index is 1.88. The average Bonchev–Trinajstić information content (AvgIpc) is 3.30. The number of H-pyrrole nitrogens is 1.